The summed E-state index contributed by atoms with van der Waals surface area (Å²) < 4.78 is 1.57. The van der Waals surface area contributed by atoms with E-state index in [2.05, 4.69) is 29.2 Å². The molecule has 0 spiro atoms. The minimum Gasteiger partial charge on any atom is -0.339 e. The van der Waals surface area contributed by atoms with Crippen molar-refractivity contribution in [2.45, 2.75) is 25.7 Å². The number of nitrogens with zero attached hydrogens (tertiary/aromatic N) is 4. The second kappa shape index (κ2) is 8.90. The van der Waals surface area contributed by atoms with Gasteiger partial charge in [0.05, 0.1) is 11.3 Å². The molecule has 1 aromatic heterocycles. The number of carbonyl (C=O) groups is 1. The van der Waals surface area contributed by atoms with E-state index in [1.807, 2.05) is 11.0 Å². The SMILES string of the molecule is O=C(c1ccc(-n2ccnc2)c([N+](=O)[O-])c1)N1CCC(CCc2ccccc2)CC1. The first-order valence-corrected chi connectivity index (χ1v) is 10.2. The van der Waals surface area contributed by atoms with E-state index in [4.69, 9.17) is 0 Å². The lowest BCUT2D eigenvalue weighted by atomic mass is 9.90. The number of aryl methyl sites for hydroxylation is 1. The molecule has 1 aliphatic rings. The Hall–Kier alpha value is -3.48. The Bertz CT molecular complexity index is 1010. The molecule has 154 valence electrons. The summed E-state index contributed by atoms with van der Waals surface area (Å²) in [5.74, 6) is 0.462. The zero-order valence-corrected chi connectivity index (χ0v) is 16.7. The number of rotatable bonds is 6. The summed E-state index contributed by atoms with van der Waals surface area (Å²) >= 11 is 0. The summed E-state index contributed by atoms with van der Waals surface area (Å²) in [6, 6.07) is 15.1. The molecule has 2 aromatic carbocycles. The summed E-state index contributed by atoms with van der Waals surface area (Å²) in [5.41, 5.74) is 2.00. The van der Waals surface area contributed by atoms with Crippen LogP contribution < -0.4 is 0 Å². The number of piperidine rings is 1. The van der Waals surface area contributed by atoms with Crippen molar-refractivity contribution in [3.05, 3.63) is 88.5 Å². The first-order chi connectivity index (χ1) is 14.6. The van der Waals surface area contributed by atoms with Crippen LogP contribution >= 0.6 is 0 Å². The Morgan fingerprint density at radius 3 is 2.57 bits per heavy atom. The Labute approximate surface area is 175 Å². The number of amides is 1. The van der Waals surface area contributed by atoms with Gasteiger partial charge in [-0.1, -0.05) is 30.3 Å². The van der Waals surface area contributed by atoms with Crippen molar-refractivity contribution in [1.29, 1.82) is 0 Å². The number of nitro groups is 1. The smallest absolute Gasteiger partial charge is 0.294 e. The fourth-order valence-corrected chi connectivity index (χ4v) is 4.05. The van der Waals surface area contributed by atoms with Crippen LogP contribution in [0.15, 0.2) is 67.3 Å². The number of hydrogen-bond donors (Lipinski definition) is 0. The number of carbonyl (C=O) groups excluding carboxylic acids is 1. The van der Waals surface area contributed by atoms with Gasteiger partial charge >= 0.3 is 0 Å². The van der Waals surface area contributed by atoms with E-state index in [1.54, 1.807) is 29.1 Å². The normalized spacial score (nSPS) is 14.6. The molecular formula is C23H24N4O3. The summed E-state index contributed by atoms with van der Waals surface area (Å²) in [6.45, 7) is 1.38. The molecule has 0 N–H and O–H groups in total. The maximum absolute atomic E-state index is 12.9. The van der Waals surface area contributed by atoms with Crippen LogP contribution in [0.4, 0.5) is 5.69 Å². The van der Waals surface area contributed by atoms with Gasteiger partial charge in [-0.15, -0.1) is 0 Å². The van der Waals surface area contributed by atoms with Gasteiger partial charge in [0.1, 0.15) is 5.69 Å². The molecule has 7 nitrogen and oxygen atoms in total. The Morgan fingerprint density at radius 2 is 1.90 bits per heavy atom. The van der Waals surface area contributed by atoms with Gasteiger partial charge in [-0.3, -0.25) is 14.9 Å². The highest BCUT2D eigenvalue weighted by atomic mass is 16.6. The molecule has 0 aliphatic carbocycles. The fraction of sp³-hybridized carbons (Fsp3) is 0.304. The van der Waals surface area contributed by atoms with E-state index >= 15 is 0 Å². The van der Waals surface area contributed by atoms with Crippen LogP contribution in [0.2, 0.25) is 0 Å². The van der Waals surface area contributed by atoms with Gasteiger partial charge in [0, 0.05) is 37.1 Å². The van der Waals surface area contributed by atoms with Crippen molar-refractivity contribution < 1.29 is 9.72 Å². The van der Waals surface area contributed by atoms with Gasteiger partial charge in [0.25, 0.3) is 11.6 Å². The van der Waals surface area contributed by atoms with Crippen LogP contribution in [-0.2, 0) is 6.42 Å². The van der Waals surface area contributed by atoms with Gasteiger partial charge in [0.2, 0.25) is 0 Å². The van der Waals surface area contributed by atoms with Crippen LogP contribution in [0.25, 0.3) is 5.69 Å². The highest BCUT2D eigenvalue weighted by Crippen LogP contribution is 2.27. The van der Waals surface area contributed by atoms with E-state index in [0.717, 1.165) is 25.7 Å². The second-order valence-electron chi connectivity index (χ2n) is 7.69. The second-order valence-corrected chi connectivity index (χ2v) is 7.69. The summed E-state index contributed by atoms with van der Waals surface area (Å²) in [7, 11) is 0. The van der Waals surface area contributed by atoms with E-state index in [0.29, 0.717) is 30.3 Å². The van der Waals surface area contributed by atoms with E-state index in [9.17, 15) is 14.9 Å². The standard InChI is InChI=1S/C23H24N4O3/c28-23(20-8-9-21(22(16-20)27(29)30)26-15-12-24-17-26)25-13-10-19(11-14-25)7-6-18-4-2-1-3-5-18/h1-5,8-9,12,15-17,19H,6-7,10-11,13-14H2. The Kier molecular flexibility index (Phi) is 5.88. The van der Waals surface area contributed by atoms with Gasteiger partial charge in [0.15, 0.2) is 0 Å². The van der Waals surface area contributed by atoms with Crippen LogP contribution in [0, 0.1) is 16.0 Å². The predicted octanol–water partition coefficient (Wildman–Crippen LogP) is 4.27. The van der Waals surface area contributed by atoms with Crippen molar-refractivity contribution in [2.75, 3.05) is 13.1 Å². The van der Waals surface area contributed by atoms with E-state index in [1.165, 1.54) is 18.0 Å². The molecular weight excluding hydrogens is 380 g/mol. The van der Waals surface area contributed by atoms with Crippen LogP contribution in [0.1, 0.15) is 35.2 Å². The highest BCUT2D eigenvalue weighted by molar-refractivity contribution is 5.95. The number of nitro benzene ring substituents is 1. The molecule has 1 amide bonds. The third-order valence-corrected chi connectivity index (χ3v) is 5.79. The van der Waals surface area contributed by atoms with Crippen LogP contribution in [-0.4, -0.2) is 38.4 Å². The zero-order valence-electron chi connectivity index (χ0n) is 16.7. The third kappa shape index (κ3) is 4.40. The Balaban J connectivity index is 1.39. The van der Waals surface area contributed by atoms with Crippen molar-refractivity contribution >= 4 is 11.6 Å². The monoisotopic (exact) mass is 404 g/mol. The largest absolute Gasteiger partial charge is 0.339 e. The average molecular weight is 404 g/mol. The Morgan fingerprint density at radius 1 is 1.13 bits per heavy atom. The summed E-state index contributed by atoms with van der Waals surface area (Å²) in [5, 5.41) is 11.5. The number of hydrogen-bond acceptors (Lipinski definition) is 4. The van der Waals surface area contributed by atoms with Crippen LogP contribution in [0.5, 0.6) is 0 Å². The van der Waals surface area contributed by atoms with E-state index < -0.39 is 4.92 Å². The molecule has 1 saturated heterocycles. The van der Waals surface area contributed by atoms with Crippen molar-refractivity contribution in [3.8, 4) is 5.69 Å². The predicted molar refractivity (Wildman–Crippen MR) is 114 cm³/mol. The van der Waals surface area contributed by atoms with E-state index in [-0.39, 0.29) is 11.6 Å². The molecule has 7 heteroatoms. The molecule has 0 radical (unpaired) electrons. The minimum absolute atomic E-state index is 0.100. The van der Waals surface area contributed by atoms with Gasteiger partial charge < -0.3 is 9.47 Å². The minimum atomic E-state index is -0.456. The first kappa shape index (κ1) is 19.8. The number of benzene rings is 2. The van der Waals surface area contributed by atoms with Crippen LogP contribution in [0.3, 0.4) is 0 Å². The van der Waals surface area contributed by atoms with Gasteiger partial charge in [-0.05, 0) is 49.3 Å². The maximum Gasteiger partial charge on any atom is 0.294 e. The van der Waals surface area contributed by atoms with Crippen molar-refractivity contribution in [1.82, 2.24) is 14.5 Å². The molecule has 4 rings (SSSR count). The number of aromatic nitrogens is 2. The molecule has 0 atom stereocenters. The quantitative estimate of drug-likeness (QED) is 0.454. The third-order valence-electron chi connectivity index (χ3n) is 5.79. The highest BCUT2D eigenvalue weighted by Gasteiger charge is 2.26. The molecule has 1 aliphatic heterocycles. The molecule has 1 fully saturated rings. The summed E-state index contributed by atoms with van der Waals surface area (Å²) in [6.07, 6.45) is 8.82. The first-order valence-electron chi connectivity index (χ1n) is 10.2. The molecule has 0 unspecified atom stereocenters. The number of imidazole rings is 1. The van der Waals surface area contributed by atoms with Crippen molar-refractivity contribution in [2.24, 2.45) is 5.92 Å². The lowest BCUT2D eigenvalue weighted by Crippen LogP contribution is -2.38. The molecule has 0 saturated carbocycles. The fourth-order valence-electron chi connectivity index (χ4n) is 4.05. The molecule has 30 heavy (non-hydrogen) atoms. The topological polar surface area (TPSA) is 81.3 Å². The lowest BCUT2D eigenvalue weighted by Gasteiger charge is -2.32. The summed E-state index contributed by atoms with van der Waals surface area (Å²) in [4.78, 5) is 29.8. The zero-order chi connectivity index (χ0) is 20.9. The molecule has 0 bridgehead atoms. The van der Waals surface area contributed by atoms with Gasteiger partial charge in [-0.25, -0.2) is 4.98 Å². The van der Waals surface area contributed by atoms with Gasteiger partial charge in [-0.2, -0.15) is 0 Å². The molecule has 3 aromatic rings. The molecule has 2 heterocycles. The lowest BCUT2D eigenvalue weighted by molar-refractivity contribution is -0.384. The average Bonchev–Trinajstić information content (AvgIpc) is 3.32. The maximum atomic E-state index is 12.9. The number of likely N-dealkylation sites (tertiary alicyclic amines) is 1. The van der Waals surface area contributed by atoms with Crippen molar-refractivity contribution in [3.63, 3.8) is 0 Å².